The molecule has 0 unspecified atom stereocenters. The summed E-state index contributed by atoms with van der Waals surface area (Å²) < 4.78 is 16.7. The summed E-state index contributed by atoms with van der Waals surface area (Å²) in [7, 11) is -0.612. The summed E-state index contributed by atoms with van der Waals surface area (Å²) >= 11 is 0. The van der Waals surface area contributed by atoms with Crippen LogP contribution in [0.25, 0.3) is 0 Å². The quantitative estimate of drug-likeness (QED) is 0.663. The lowest BCUT2D eigenvalue weighted by molar-refractivity contribution is 0.00578. The monoisotopic (exact) mass is 222 g/mol. The molecular formula is C11H15BO4. The second kappa shape index (κ2) is 3.47. The zero-order chi connectivity index (χ0) is 12.0. The molecule has 0 N–H and O–H groups in total. The van der Waals surface area contributed by atoms with Crippen LogP contribution in [0.5, 0.6) is 0 Å². The highest BCUT2D eigenvalue weighted by Crippen LogP contribution is 2.36. The molecule has 86 valence electrons. The molecule has 0 atom stereocenters. The van der Waals surface area contributed by atoms with E-state index in [1.54, 1.807) is 0 Å². The van der Waals surface area contributed by atoms with Gasteiger partial charge >= 0.3 is 7.12 Å². The molecule has 1 aliphatic rings. The fourth-order valence-corrected chi connectivity index (χ4v) is 1.48. The average Bonchev–Trinajstić information content (AvgIpc) is 2.36. The van der Waals surface area contributed by atoms with Crippen LogP contribution in [0.2, 0.25) is 0 Å². The van der Waals surface area contributed by atoms with Crippen LogP contribution in [0.4, 0.5) is 0 Å². The topological polar surface area (TPSA) is 48.7 Å². The third-order valence-electron chi connectivity index (χ3n) is 3.21. The van der Waals surface area contributed by atoms with Gasteiger partial charge in [0.15, 0.2) is 5.43 Å². The second-order valence-electron chi connectivity index (χ2n) is 4.96. The maximum atomic E-state index is 11.2. The van der Waals surface area contributed by atoms with Crippen LogP contribution in [0.3, 0.4) is 0 Å². The Kier molecular flexibility index (Phi) is 2.47. The number of hydrogen-bond acceptors (Lipinski definition) is 4. The van der Waals surface area contributed by atoms with Crippen LogP contribution in [0, 0.1) is 0 Å². The molecule has 1 saturated heterocycles. The standard InChI is InChI=1S/C11H15BO4/c1-10(2)11(3,4)16-12(15-10)9-7-8(13)5-6-14-9/h5-7H,1-4H3. The minimum absolute atomic E-state index is 0.115. The average molecular weight is 222 g/mol. The summed E-state index contributed by atoms with van der Waals surface area (Å²) in [5.74, 6) is 0. The zero-order valence-electron chi connectivity index (χ0n) is 9.94. The smallest absolute Gasteiger partial charge is 0.473 e. The third kappa shape index (κ3) is 1.81. The van der Waals surface area contributed by atoms with Gasteiger partial charge in [-0.3, -0.25) is 4.79 Å². The molecule has 2 heterocycles. The SMILES string of the molecule is CC1(C)OB(c2cc(=O)cco2)OC1(C)C. The molecule has 16 heavy (non-hydrogen) atoms. The fourth-order valence-electron chi connectivity index (χ4n) is 1.48. The largest absolute Gasteiger partial charge is 0.532 e. The van der Waals surface area contributed by atoms with Gasteiger partial charge < -0.3 is 13.7 Å². The molecule has 1 aliphatic heterocycles. The Labute approximate surface area is 94.7 Å². The molecule has 0 radical (unpaired) electrons. The van der Waals surface area contributed by atoms with Crippen molar-refractivity contribution in [2.45, 2.75) is 38.9 Å². The van der Waals surface area contributed by atoms with Gasteiger partial charge in [0, 0.05) is 12.1 Å². The van der Waals surface area contributed by atoms with Crippen molar-refractivity contribution >= 4 is 12.8 Å². The van der Waals surface area contributed by atoms with E-state index in [1.807, 2.05) is 27.7 Å². The summed E-state index contributed by atoms with van der Waals surface area (Å²) in [6.07, 6.45) is 1.35. The molecular weight excluding hydrogens is 207 g/mol. The first-order valence-electron chi connectivity index (χ1n) is 5.26. The molecule has 0 aromatic carbocycles. The first kappa shape index (κ1) is 11.4. The molecule has 0 amide bonds. The van der Waals surface area contributed by atoms with Crippen molar-refractivity contribution in [3.8, 4) is 0 Å². The Morgan fingerprint density at radius 1 is 1.12 bits per heavy atom. The molecule has 1 fully saturated rings. The van der Waals surface area contributed by atoms with Crippen molar-refractivity contribution in [3.05, 3.63) is 28.6 Å². The molecule has 0 aliphatic carbocycles. The van der Waals surface area contributed by atoms with Crippen molar-refractivity contribution < 1.29 is 13.7 Å². The van der Waals surface area contributed by atoms with Crippen molar-refractivity contribution in [1.29, 1.82) is 0 Å². The van der Waals surface area contributed by atoms with Crippen LogP contribution in [-0.2, 0) is 9.31 Å². The molecule has 2 rings (SSSR count). The number of rotatable bonds is 1. The Morgan fingerprint density at radius 3 is 2.19 bits per heavy atom. The summed E-state index contributed by atoms with van der Waals surface area (Å²) in [5, 5.41) is 0. The predicted molar refractivity (Wildman–Crippen MR) is 60.7 cm³/mol. The molecule has 1 aromatic heterocycles. The summed E-state index contributed by atoms with van der Waals surface area (Å²) in [6.45, 7) is 7.81. The molecule has 0 saturated carbocycles. The van der Waals surface area contributed by atoms with Crippen LogP contribution < -0.4 is 11.1 Å². The van der Waals surface area contributed by atoms with E-state index < -0.39 is 18.3 Å². The molecule has 5 heteroatoms. The highest BCUT2D eigenvalue weighted by molar-refractivity contribution is 6.60. The zero-order valence-corrected chi connectivity index (χ0v) is 9.94. The Morgan fingerprint density at radius 2 is 1.69 bits per heavy atom. The van der Waals surface area contributed by atoms with Crippen molar-refractivity contribution in [2.24, 2.45) is 0 Å². The summed E-state index contributed by atoms with van der Waals surface area (Å²) in [4.78, 5) is 11.2. The third-order valence-corrected chi connectivity index (χ3v) is 3.21. The van der Waals surface area contributed by atoms with E-state index in [0.29, 0.717) is 5.66 Å². The predicted octanol–water partition coefficient (Wildman–Crippen LogP) is 0.939. The molecule has 1 aromatic rings. The normalized spacial score (nSPS) is 22.4. The van der Waals surface area contributed by atoms with Gasteiger partial charge in [0.25, 0.3) is 0 Å². The van der Waals surface area contributed by atoms with Crippen molar-refractivity contribution in [3.63, 3.8) is 0 Å². The Bertz CT molecular complexity index is 433. The van der Waals surface area contributed by atoms with Gasteiger partial charge in [-0.2, -0.15) is 0 Å². The minimum atomic E-state index is -0.612. The highest BCUT2D eigenvalue weighted by Gasteiger charge is 2.52. The lowest BCUT2D eigenvalue weighted by Gasteiger charge is -2.32. The maximum absolute atomic E-state index is 11.2. The summed E-state index contributed by atoms with van der Waals surface area (Å²) in [6, 6.07) is 2.75. The highest BCUT2D eigenvalue weighted by atomic mass is 16.7. The van der Waals surface area contributed by atoms with E-state index in [1.165, 1.54) is 18.4 Å². The van der Waals surface area contributed by atoms with Gasteiger partial charge in [0.2, 0.25) is 0 Å². The van der Waals surface area contributed by atoms with E-state index >= 15 is 0 Å². The van der Waals surface area contributed by atoms with Gasteiger partial charge in [0.1, 0.15) is 5.66 Å². The fraction of sp³-hybridized carbons (Fsp3) is 0.545. The molecule has 0 bridgehead atoms. The van der Waals surface area contributed by atoms with Crippen molar-refractivity contribution in [1.82, 2.24) is 0 Å². The van der Waals surface area contributed by atoms with Crippen LogP contribution in [0.1, 0.15) is 27.7 Å². The Balaban J connectivity index is 2.30. The van der Waals surface area contributed by atoms with E-state index in [0.717, 1.165) is 0 Å². The van der Waals surface area contributed by atoms with Crippen LogP contribution in [-0.4, -0.2) is 18.3 Å². The van der Waals surface area contributed by atoms with Crippen molar-refractivity contribution in [2.75, 3.05) is 0 Å². The number of hydrogen-bond donors (Lipinski definition) is 0. The van der Waals surface area contributed by atoms with Gasteiger partial charge in [0.05, 0.1) is 17.5 Å². The van der Waals surface area contributed by atoms with Crippen LogP contribution in [0.15, 0.2) is 27.6 Å². The van der Waals surface area contributed by atoms with Gasteiger partial charge in [-0.15, -0.1) is 0 Å². The second-order valence-corrected chi connectivity index (χ2v) is 4.96. The van der Waals surface area contributed by atoms with E-state index in [2.05, 4.69) is 0 Å². The molecule has 4 nitrogen and oxygen atoms in total. The van der Waals surface area contributed by atoms with Crippen LogP contribution >= 0.6 is 0 Å². The van der Waals surface area contributed by atoms with E-state index in [9.17, 15) is 4.79 Å². The van der Waals surface area contributed by atoms with E-state index in [-0.39, 0.29) is 5.43 Å². The van der Waals surface area contributed by atoms with Gasteiger partial charge in [-0.1, -0.05) is 0 Å². The maximum Gasteiger partial charge on any atom is 0.532 e. The lowest BCUT2D eigenvalue weighted by Crippen LogP contribution is -2.41. The minimum Gasteiger partial charge on any atom is -0.473 e. The first-order chi connectivity index (χ1) is 7.32. The van der Waals surface area contributed by atoms with Gasteiger partial charge in [-0.25, -0.2) is 0 Å². The first-order valence-corrected chi connectivity index (χ1v) is 5.26. The lowest BCUT2D eigenvalue weighted by atomic mass is 9.86. The van der Waals surface area contributed by atoms with Gasteiger partial charge in [-0.05, 0) is 27.7 Å². The Hall–Kier alpha value is -1.07. The van der Waals surface area contributed by atoms with E-state index in [4.69, 9.17) is 13.7 Å². The summed E-state index contributed by atoms with van der Waals surface area (Å²) in [5.41, 5.74) is -0.555. The molecule has 0 spiro atoms.